The van der Waals surface area contributed by atoms with Gasteiger partial charge in [-0.3, -0.25) is 9.59 Å². The fourth-order valence-electron chi connectivity index (χ4n) is 3.13. The number of aryl methyl sites for hydroxylation is 1. The molecular weight excluding hydrogens is 318 g/mol. The molecule has 1 atom stereocenters. The molecule has 1 aliphatic rings. The number of ether oxygens (including phenoxy) is 1. The monoisotopic (exact) mass is 341 g/mol. The van der Waals surface area contributed by atoms with Crippen molar-refractivity contribution in [3.05, 3.63) is 51.8 Å². The van der Waals surface area contributed by atoms with Gasteiger partial charge >= 0.3 is 0 Å². The van der Waals surface area contributed by atoms with E-state index in [1.54, 1.807) is 4.90 Å². The van der Waals surface area contributed by atoms with Gasteiger partial charge in [0.2, 0.25) is 11.3 Å². The van der Waals surface area contributed by atoms with Gasteiger partial charge in [0.25, 0.3) is 5.91 Å². The maximum absolute atomic E-state index is 12.8. The summed E-state index contributed by atoms with van der Waals surface area (Å²) in [6.07, 6.45) is 2.06. The molecule has 3 rings (SSSR count). The second kappa shape index (κ2) is 7.09. The average Bonchev–Trinajstić information content (AvgIpc) is 2.61. The third-order valence-electron chi connectivity index (χ3n) is 4.53. The number of methoxy groups -OCH3 is 1. The van der Waals surface area contributed by atoms with E-state index in [1.165, 1.54) is 17.9 Å². The Hall–Kier alpha value is -2.63. The van der Waals surface area contributed by atoms with Crippen LogP contribution in [0.2, 0.25) is 0 Å². The van der Waals surface area contributed by atoms with Crippen molar-refractivity contribution in [3.63, 3.8) is 0 Å². The van der Waals surface area contributed by atoms with Crippen LogP contribution in [0.5, 0.6) is 5.88 Å². The lowest BCUT2D eigenvalue weighted by Gasteiger charge is -2.30. The van der Waals surface area contributed by atoms with Crippen LogP contribution >= 0.6 is 0 Å². The highest BCUT2D eigenvalue weighted by Gasteiger charge is 2.26. The zero-order valence-corrected chi connectivity index (χ0v) is 14.9. The average molecular weight is 341 g/mol. The molecule has 0 unspecified atom stereocenters. The molecule has 1 aromatic heterocycles. The van der Waals surface area contributed by atoms with E-state index in [-0.39, 0.29) is 11.6 Å². The summed E-state index contributed by atoms with van der Waals surface area (Å²) < 4.78 is 6.79. The summed E-state index contributed by atoms with van der Waals surface area (Å²) in [5.74, 6) is 0.438. The first kappa shape index (κ1) is 17.2. The molecule has 0 spiro atoms. The predicted octanol–water partition coefficient (Wildman–Crippen LogP) is 2.42. The van der Waals surface area contributed by atoms with Gasteiger partial charge in [-0.25, -0.2) is 4.68 Å². The maximum atomic E-state index is 12.8. The minimum atomic E-state index is -0.413. The van der Waals surface area contributed by atoms with Crippen molar-refractivity contribution in [1.82, 2.24) is 14.7 Å². The summed E-state index contributed by atoms with van der Waals surface area (Å²) >= 11 is 0. The highest BCUT2D eigenvalue weighted by Crippen LogP contribution is 2.19. The van der Waals surface area contributed by atoms with E-state index in [9.17, 15) is 9.59 Å². The van der Waals surface area contributed by atoms with Crippen LogP contribution < -0.4 is 10.2 Å². The summed E-state index contributed by atoms with van der Waals surface area (Å²) in [7, 11) is 1.48. The molecule has 132 valence electrons. The number of aromatic nitrogens is 2. The first-order valence-electron chi connectivity index (χ1n) is 8.54. The Morgan fingerprint density at radius 2 is 2.00 bits per heavy atom. The van der Waals surface area contributed by atoms with Crippen LogP contribution in [-0.4, -0.2) is 40.8 Å². The Morgan fingerprint density at radius 3 is 2.64 bits per heavy atom. The fraction of sp³-hybridized carbons (Fsp3) is 0.421. The molecule has 1 fully saturated rings. The largest absolute Gasteiger partial charge is 0.481 e. The highest BCUT2D eigenvalue weighted by molar-refractivity contribution is 5.92. The molecule has 1 aromatic carbocycles. The van der Waals surface area contributed by atoms with Crippen molar-refractivity contribution in [1.29, 1.82) is 0 Å². The number of hydrogen-bond donors (Lipinski definition) is 0. The van der Waals surface area contributed by atoms with E-state index in [0.717, 1.165) is 24.1 Å². The number of rotatable bonds is 3. The minimum absolute atomic E-state index is 0.0597. The van der Waals surface area contributed by atoms with Crippen LogP contribution in [0.3, 0.4) is 0 Å². The number of nitrogens with zero attached hydrogens (tertiary/aromatic N) is 3. The zero-order valence-electron chi connectivity index (χ0n) is 14.9. The van der Waals surface area contributed by atoms with Crippen LogP contribution in [0.4, 0.5) is 0 Å². The van der Waals surface area contributed by atoms with Crippen LogP contribution in [0, 0.1) is 12.8 Å². The molecule has 0 bridgehead atoms. The quantitative estimate of drug-likeness (QED) is 0.860. The van der Waals surface area contributed by atoms with E-state index in [1.807, 2.05) is 31.2 Å². The molecule has 2 heterocycles. The molecule has 0 aliphatic carbocycles. The lowest BCUT2D eigenvalue weighted by atomic mass is 10.00. The van der Waals surface area contributed by atoms with Gasteiger partial charge in [-0.05, 0) is 37.8 Å². The summed E-state index contributed by atoms with van der Waals surface area (Å²) in [5, 5.41) is 4.33. The van der Waals surface area contributed by atoms with Gasteiger partial charge in [-0.1, -0.05) is 24.6 Å². The molecule has 0 N–H and O–H groups in total. The number of hydrogen-bond acceptors (Lipinski definition) is 4. The fourth-order valence-corrected chi connectivity index (χ4v) is 3.13. The highest BCUT2D eigenvalue weighted by atomic mass is 16.5. The van der Waals surface area contributed by atoms with Crippen molar-refractivity contribution in [3.8, 4) is 11.6 Å². The smallest absolute Gasteiger partial charge is 0.278 e. The van der Waals surface area contributed by atoms with Crippen LogP contribution in [0.1, 0.15) is 35.8 Å². The van der Waals surface area contributed by atoms with E-state index < -0.39 is 5.43 Å². The maximum Gasteiger partial charge on any atom is 0.278 e. The van der Waals surface area contributed by atoms with Crippen molar-refractivity contribution in [2.45, 2.75) is 26.7 Å². The lowest BCUT2D eigenvalue weighted by molar-refractivity contribution is 0.0673. The van der Waals surface area contributed by atoms with Gasteiger partial charge in [0.05, 0.1) is 18.9 Å². The Labute approximate surface area is 147 Å². The molecule has 1 saturated heterocycles. The summed E-state index contributed by atoms with van der Waals surface area (Å²) in [6.45, 7) is 5.44. The van der Waals surface area contributed by atoms with Crippen LogP contribution in [0.25, 0.3) is 5.69 Å². The Morgan fingerprint density at radius 1 is 1.28 bits per heavy atom. The number of carbonyl (C=O) groups excluding carboxylic acids is 1. The number of likely N-dealkylation sites (tertiary alicyclic amines) is 1. The van der Waals surface area contributed by atoms with E-state index in [0.29, 0.717) is 24.9 Å². The normalized spacial score (nSPS) is 17.4. The first-order chi connectivity index (χ1) is 12.0. The third-order valence-corrected chi connectivity index (χ3v) is 4.53. The Kier molecular flexibility index (Phi) is 4.88. The molecule has 1 aliphatic heterocycles. The Bertz CT molecular complexity index is 827. The SMILES string of the molecule is COc1cc(=O)c(C(=O)N2CCC[C@H](C)C2)nn1-c1ccc(C)cc1. The molecule has 6 nitrogen and oxygen atoms in total. The standard InChI is InChI=1S/C19H23N3O3/c1-13-6-8-15(9-7-13)22-17(25-3)11-16(23)18(20-22)19(24)21-10-4-5-14(2)12-21/h6-9,11,14H,4-5,10,12H2,1-3H3/t14-/m0/s1. The van der Waals surface area contributed by atoms with E-state index >= 15 is 0 Å². The molecule has 6 heteroatoms. The summed E-state index contributed by atoms with van der Waals surface area (Å²) in [4.78, 5) is 26.9. The van der Waals surface area contributed by atoms with Crippen molar-refractivity contribution < 1.29 is 9.53 Å². The topological polar surface area (TPSA) is 64.4 Å². The predicted molar refractivity (Wildman–Crippen MR) is 95.4 cm³/mol. The summed E-state index contributed by atoms with van der Waals surface area (Å²) in [5.41, 5.74) is 1.38. The number of benzene rings is 1. The van der Waals surface area contributed by atoms with Gasteiger partial charge < -0.3 is 9.64 Å². The lowest BCUT2D eigenvalue weighted by Crippen LogP contribution is -2.41. The van der Waals surface area contributed by atoms with Crippen molar-refractivity contribution in [2.24, 2.45) is 5.92 Å². The van der Waals surface area contributed by atoms with E-state index in [4.69, 9.17) is 4.74 Å². The summed E-state index contributed by atoms with van der Waals surface area (Å²) in [6, 6.07) is 8.98. The molecule has 25 heavy (non-hydrogen) atoms. The zero-order chi connectivity index (χ0) is 18.0. The number of piperidine rings is 1. The minimum Gasteiger partial charge on any atom is -0.481 e. The van der Waals surface area contributed by atoms with Gasteiger partial charge in [0.1, 0.15) is 0 Å². The first-order valence-corrected chi connectivity index (χ1v) is 8.54. The Balaban J connectivity index is 2.02. The molecule has 1 amide bonds. The van der Waals surface area contributed by atoms with Crippen molar-refractivity contribution >= 4 is 5.91 Å². The van der Waals surface area contributed by atoms with E-state index in [2.05, 4.69) is 12.0 Å². The third kappa shape index (κ3) is 3.57. The van der Waals surface area contributed by atoms with Crippen molar-refractivity contribution in [2.75, 3.05) is 20.2 Å². The second-order valence-electron chi connectivity index (χ2n) is 6.65. The van der Waals surface area contributed by atoms with Gasteiger partial charge in [-0.15, -0.1) is 0 Å². The van der Waals surface area contributed by atoms with Crippen LogP contribution in [0.15, 0.2) is 35.1 Å². The second-order valence-corrected chi connectivity index (χ2v) is 6.65. The molecule has 0 radical (unpaired) electrons. The number of carbonyl (C=O) groups is 1. The van der Waals surface area contributed by atoms with Crippen LogP contribution in [-0.2, 0) is 0 Å². The van der Waals surface area contributed by atoms with Gasteiger partial charge in [-0.2, -0.15) is 5.10 Å². The number of amides is 1. The molecule has 2 aromatic rings. The van der Waals surface area contributed by atoms with Gasteiger partial charge in [0, 0.05) is 13.1 Å². The van der Waals surface area contributed by atoms with Gasteiger partial charge in [0.15, 0.2) is 5.69 Å². The molecular formula is C19H23N3O3. The molecule has 0 saturated carbocycles.